The molecule has 1 aliphatic heterocycles. The number of hydrogen-bond acceptors (Lipinski definition) is 8. The van der Waals surface area contributed by atoms with Gasteiger partial charge in [0.15, 0.2) is 11.5 Å². The number of primary amides is 1. The van der Waals surface area contributed by atoms with Crippen LogP contribution >= 0.6 is 11.6 Å². The number of halogens is 3. The molecule has 4 N–H and O–H groups in total. The standard InChI is InChI=1S/C28H35ClF2N8O3/c1-28(2,3)42-27(41)38-10-4-5-17(14-38)34-25-33-13-21-24(37-25)39(18-8-6-15(7-9-18)23(32)40)26(35-21)36-22-19(29)11-16(30)12-20(22)31/h11-13,15,17-18H,4-10,14H2,1-3H3,(H2,32,40)(H,35,36)(H,33,34,37)/t15-,17?,18+. The maximum absolute atomic E-state index is 14.7. The number of rotatable bonds is 6. The van der Waals surface area contributed by atoms with Crippen LogP contribution in [0.25, 0.3) is 11.2 Å². The molecule has 3 aromatic rings. The zero-order valence-electron chi connectivity index (χ0n) is 23.8. The van der Waals surface area contributed by atoms with Crippen LogP contribution in [0.4, 0.5) is 31.2 Å². The van der Waals surface area contributed by atoms with Crippen LogP contribution in [0.5, 0.6) is 0 Å². The highest BCUT2D eigenvalue weighted by atomic mass is 35.5. The van der Waals surface area contributed by atoms with Gasteiger partial charge in [-0.2, -0.15) is 4.98 Å². The molecule has 14 heteroatoms. The average Bonchev–Trinajstić information content (AvgIpc) is 3.27. The fourth-order valence-corrected chi connectivity index (χ4v) is 5.80. The number of fused-ring (bicyclic) bond motifs is 1. The second kappa shape index (κ2) is 11.9. The highest BCUT2D eigenvalue weighted by molar-refractivity contribution is 6.33. The third kappa shape index (κ3) is 6.66. The van der Waals surface area contributed by atoms with Crippen LogP contribution in [0.2, 0.25) is 5.02 Å². The molecule has 2 aliphatic rings. The van der Waals surface area contributed by atoms with Crippen molar-refractivity contribution < 1.29 is 23.1 Å². The smallest absolute Gasteiger partial charge is 0.410 e. The third-order valence-corrected chi connectivity index (χ3v) is 7.85. The molecule has 1 unspecified atom stereocenters. The summed E-state index contributed by atoms with van der Waals surface area (Å²) in [6, 6.07) is 1.53. The molecule has 3 heterocycles. The van der Waals surface area contributed by atoms with Gasteiger partial charge in [-0.05, 0) is 65.4 Å². The Kier molecular flexibility index (Phi) is 8.40. The molecule has 1 aliphatic carbocycles. The van der Waals surface area contributed by atoms with Crippen molar-refractivity contribution in [2.75, 3.05) is 23.7 Å². The molecular weight excluding hydrogens is 570 g/mol. The molecule has 0 bridgehead atoms. The van der Waals surface area contributed by atoms with Crippen molar-refractivity contribution in [3.05, 3.63) is 35.0 Å². The normalized spacial score (nSPS) is 21.3. The van der Waals surface area contributed by atoms with Crippen LogP contribution in [-0.2, 0) is 9.53 Å². The fourth-order valence-electron chi connectivity index (χ4n) is 5.56. The summed E-state index contributed by atoms with van der Waals surface area (Å²) in [7, 11) is 0. The molecule has 1 aromatic carbocycles. The highest BCUT2D eigenvalue weighted by Crippen LogP contribution is 2.38. The Morgan fingerprint density at radius 2 is 1.86 bits per heavy atom. The number of piperidine rings is 1. The van der Waals surface area contributed by atoms with Gasteiger partial charge < -0.3 is 26.0 Å². The van der Waals surface area contributed by atoms with Crippen molar-refractivity contribution in [1.29, 1.82) is 0 Å². The summed E-state index contributed by atoms with van der Waals surface area (Å²) >= 11 is 6.17. The Labute approximate surface area is 247 Å². The van der Waals surface area contributed by atoms with Gasteiger partial charge in [-0.25, -0.2) is 23.5 Å². The van der Waals surface area contributed by atoms with E-state index in [0.717, 1.165) is 25.0 Å². The lowest BCUT2D eigenvalue weighted by Gasteiger charge is -2.34. The van der Waals surface area contributed by atoms with Gasteiger partial charge in [0, 0.05) is 37.2 Å². The average molecular weight is 605 g/mol. The Morgan fingerprint density at radius 3 is 2.52 bits per heavy atom. The van der Waals surface area contributed by atoms with Crippen LogP contribution in [-0.4, -0.2) is 61.2 Å². The molecule has 0 spiro atoms. The van der Waals surface area contributed by atoms with Crippen LogP contribution < -0.4 is 16.4 Å². The summed E-state index contributed by atoms with van der Waals surface area (Å²) in [6.07, 6.45) is 5.22. The van der Waals surface area contributed by atoms with Crippen molar-refractivity contribution in [3.63, 3.8) is 0 Å². The first-order valence-corrected chi connectivity index (χ1v) is 14.5. The Morgan fingerprint density at radius 1 is 1.12 bits per heavy atom. The van der Waals surface area contributed by atoms with Gasteiger partial charge in [-0.3, -0.25) is 9.36 Å². The van der Waals surface area contributed by atoms with Crippen molar-refractivity contribution >= 4 is 52.3 Å². The molecule has 1 saturated heterocycles. The summed E-state index contributed by atoms with van der Waals surface area (Å²) in [6.45, 7) is 6.53. The Bertz CT molecular complexity index is 1460. The van der Waals surface area contributed by atoms with Crippen LogP contribution in [0, 0.1) is 17.6 Å². The zero-order chi connectivity index (χ0) is 30.2. The van der Waals surface area contributed by atoms with E-state index in [1.807, 2.05) is 25.3 Å². The lowest BCUT2D eigenvalue weighted by atomic mass is 9.85. The molecule has 226 valence electrons. The molecule has 11 nitrogen and oxygen atoms in total. The topological polar surface area (TPSA) is 140 Å². The molecule has 1 atom stereocenters. The van der Waals surface area contributed by atoms with Gasteiger partial charge in [0.1, 0.15) is 16.9 Å². The minimum Gasteiger partial charge on any atom is -0.444 e. The molecule has 2 fully saturated rings. The molecule has 2 amide bonds. The van der Waals surface area contributed by atoms with E-state index in [-0.39, 0.29) is 46.7 Å². The second-order valence-corrected chi connectivity index (χ2v) is 12.3. The molecule has 5 rings (SSSR count). The van der Waals surface area contributed by atoms with Gasteiger partial charge in [-0.15, -0.1) is 0 Å². The van der Waals surface area contributed by atoms with Gasteiger partial charge in [0.2, 0.25) is 17.8 Å². The van der Waals surface area contributed by atoms with E-state index in [1.54, 1.807) is 11.1 Å². The molecule has 0 radical (unpaired) electrons. The quantitative estimate of drug-likeness (QED) is 0.334. The van der Waals surface area contributed by atoms with Crippen molar-refractivity contribution in [2.24, 2.45) is 11.7 Å². The number of amides is 2. The van der Waals surface area contributed by atoms with Gasteiger partial charge in [0.05, 0.1) is 16.9 Å². The molecule has 2 aromatic heterocycles. The number of likely N-dealkylation sites (tertiary alicyclic amines) is 1. The Hall–Kier alpha value is -3.74. The van der Waals surface area contributed by atoms with Gasteiger partial charge in [-0.1, -0.05) is 11.6 Å². The highest BCUT2D eigenvalue weighted by Gasteiger charge is 2.31. The third-order valence-electron chi connectivity index (χ3n) is 7.55. The summed E-state index contributed by atoms with van der Waals surface area (Å²) in [5, 5.41) is 6.14. The van der Waals surface area contributed by atoms with E-state index < -0.39 is 17.2 Å². The number of hydrogen-bond donors (Lipinski definition) is 3. The number of nitrogens with one attached hydrogen (secondary N) is 2. The summed E-state index contributed by atoms with van der Waals surface area (Å²) in [4.78, 5) is 39.9. The van der Waals surface area contributed by atoms with E-state index in [1.165, 1.54) is 0 Å². The number of benzene rings is 1. The first-order valence-electron chi connectivity index (χ1n) is 14.1. The van der Waals surface area contributed by atoms with E-state index in [2.05, 4.69) is 20.6 Å². The van der Waals surface area contributed by atoms with Gasteiger partial charge in [0.25, 0.3) is 0 Å². The van der Waals surface area contributed by atoms with Crippen molar-refractivity contribution in [2.45, 2.75) is 77.0 Å². The van der Waals surface area contributed by atoms with E-state index >= 15 is 0 Å². The number of anilines is 3. The number of nitrogens with two attached hydrogens (primary N) is 1. The maximum atomic E-state index is 14.7. The number of carbonyl (C=O) groups excluding carboxylic acids is 2. The first-order chi connectivity index (χ1) is 19.9. The lowest BCUT2D eigenvalue weighted by molar-refractivity contribution is -0.122. The fraction of sp³-hybridized carbons (Fsp3) is 0.536. The van der Waals surface area contributed by atoms with Gasteiger partial charge >= 0.3 is 6.09 Å². The predicted molar refractivity (Wildman–Crippen MR) is 155 cm³/mol. The first kappa shape index (κ1) is 29.7. The van der Waals surface area contributed by atoms with Crippen LogP contribution in [0.3, 0.4) is 0 Å². The largest absolute Gasteiger partial charge is 0.444 e. The van der Waals surface area contributed by atoms with Crippen LogP contribution in [0.15, 0.2) is 18.3 Å². The summed E-state index contributed by atoms with van der Waals surface area (Å²) < 4.78 is 35.8. The van der Waals surface area contributed by atoms with Crippen LogP contribution in [0.1, 0.15) is 65.3 Å². The molecule has 42 heavy (non-hydrogen) atoms. The SMILES string of the molecule is CC(C)(C)OC(=O)N1CCCC(Nc2ncc3nc(Nc4c(F)cc(F)cc4Cl)n([C@H]4CC[C@@H](C(N)=O)CC4)c3n2)C1. The summed E-state index contributed by atoms with van der Waals surface area (Å²) in [5.74, 6) is -1.60. The van der Waals surface area contributed by atoms with Crippen molar-refractivity contribution in [1.82, 2.24) is 24.4 Å². The van der Waals surface area contributed by atoms with E-state index in [0.29, 0.717) is 55.9 Å². The minimum atomic E-state index is -0.865. The zero-order valence-corrected chi connectivity index (χ0v) is 24.5. The number of carbonyl (C=O) groups is 2. The summed E-state index contributed by atoms with van der Waals surface area (Å²) in [5.41, 5.74) is 5.80. The second-order valence-electron chi connectivity index (χ2n) is 11.9. The lowest BCUT2D eigenvalue weighted by Crippen LogP contribution is -2.47. The predicted octanol–water partition coefficient (Wildman–Crippen LogP) is 5.53. The minimum absolute atomic E-state index is 0.101. The maximum Gasteiger partial charge on any atom is 0.410 e. The Balaban J connectivity index is 1.44. The number of imidazole rings is 1. The monoisotopic (exact) mass is 604 g/mol. The molecule has 1 saturated carbocycles. The number of nitrogens with zero attached hydrogens (tertiary/aromatic N) is 5. The van der Waals surface area contributed by atoms with E-state index in [4.69, 9.17) is 27.1 Å². The number of ether oxygens (including phenoxy) is 1. The van der Waals surface area contributed by atoms with E-state index in [9.17, 15) is 18.4 Å². The number of aromatic nitrogens is 4. The molecular formula is C28H35ClF2N8O3. The van der Waals surface area contributed by atoms with Crippen molar-refractivity contribution in [3.8, 4) is 0 Å².